The number of likely N-dealkylation sites (tertiary alicyclic amines) is 1. The highest BCUT2D eigenvalue weighted by Gasteiger charge is 2.32. The quantitative estimate of drug-likeness (QED) is 0.865. The van der Waals surface area contributed by atoms with E-state index in [1.54, 1.807) is 0 Å². The van der Waals surface area contributed by atoms with Gasteiger partial charge in [-0.1, -0.05) is 44.2 Å². The molecule has 2 rings (SSSR count). The van der Waals surface area contributed by atoms with E-state index in [0.717, 1.165) is 5.92 Å². The van der Waals surface area contributed by atoms with Gasteiger partial charge in [-0.3, -0.25) is 4.90 Å². The summed E-state index contributed by atoms with van der Waals surface area (Å²) < 4.78 is 0. The molecule has 1 aromatic rings. The Balaban J connectivity index is 2.18. The summed E-state index contributed by atoms with van der Waals surface area (Å²) in [7, 11) is 0. The third kappa shape index (κ3) is 2.70. The summed E-state index contributed by atoms with van der Waals surface area (Å²) in [5, 5.41) is 0. The van der Waals surface area contributed by atoms with E-state index in [1.165, 1.54) is 24.9 Å². The third-order valence-electron chi connectivity index (χ3n) is 3.92. The molecule has 0 spiro atoms. The summed E-state index contributed by atoms with van der Waals surface area (Å²) in [6.45, 7) is 6.55. The molecule has 2 heteroatoms. The summed E-state index contributed by atoms with van der Waals surface area (Å²) in [6, 6.07) is 11.8. The maximum Gasteiger partial charge on any atom is 0.0473 e. The van der Waals surface area contributed by atoms with Crippen LogP contribution in [0.1, 0.15) is 38.3 Å². The number of nitrogens with two attached hydrogens (primary N) is 1. The van der Waals surface area contributed by atoms with E-state index >= 15 is 0 Å². The zero-order valence-electron chi connectivity index (χ0n) is 11.0. The Bertz CT molecular complexity index is 334. The number of hydrogen-bond acceptors (Lipinski definition) is 2. The molecule has 1 aliphatic rings. The number of benzene rings is 1. The van der Waals surface area contributed by atoms with Crippen molar-refractivity contribution in [2.45, 2.75) is 38.8 Å². The minimum Gasteiger partial charge on any atom is -0.329 e. The number of hydrogen-bond donors (Lipinski definition) is 1. The van der Waals surface area contributed by atoms with Crippen LogP contribution in [0.25, 0.3) is 0 Å². The highest BCUT2D eigenvalue weighted by molar-refractivity contribution is 5.20. The summed E-state index contributed by atoms with van der Waals surface area (Å²) in [5.74, 6) is 0.718. The molecule has 0 aromatic heterocycles. The first-order valence-electron chi connectivity index (χ1n) is 6.74. The smallest absolute Gasteiger partial charge is 0.0473 e. The SMILES string of the molecule is CC(C)C1CCCN1C(CN)c1ccccc1. The minimum atomic E-state index is 0.395. The fourth-order valence-electron chi connectivity index (χ4n) is 3.06. The Hall–Kier alpha value is -0.860. The van der Waals surface area contributed by atoms with Gasteiger partial charge in [0.1, 0.15) is 0 Å². The first kappa shape index (κ1) is 12.6. The second kappa shape index (κ2) is 5.65. The molecule has 0 amide bonds. The normalized spacial score (nSPS) is 23.2. The van der Waals surface area contributed by atoms with Crippen LogP contribution in [-0.2, 0) is 0 Å². The maximum absolute atomic E-state index is 6.01. The standard InChI is InChI=1S/C15H24N2/c1-12(2)14-9-6-10-17(14)15(11-16)13-7-4-3-5-8-13/h3-5,7-8,12,14-15H,6,9-11,16H2,1-2H3. The van der Waals surface area contributed by atoms with Crippen LogP contribution in [0.4, 0.5) is 0 Å². The molecule has 2 N–H and O–H groups in total. The highest BCUT2D eigenvalue weighted by atomic mass is 15.2. The van der Waals surface area contributed by atoms with E-state index < -0.39 is 0 Å². The molecule has 1 heterocycles. The zero-order chi connectivity index (χ0) is 12.3. The lowest BCUT2D eigenvalue weighted by Crippen LogP contribution is -2.39. The van der Waals surface area contributed by atoms with Gasteiger partial charge in [0, 0.05) is 18.6 Å². The van der Waals surface area contributed by atoms with Crippen LogP contribution in [0.2, 0.25) is 0 Å². The molecule has 1 fully saturated rings. The van der Waals surface area contributed by atoms with Crippen LogP contribution < -0.4 is 5.73 Å². The molecule has 0 aliphatic carbocycles. The molecule has 0 saturated carbocycles. The topological polar surface area (TPSA) is 29.3 Å². The average molecular weight is 232 g/mol. The molecule has 0 radical (unpaired) electrons. The van der Waals surface area contributed by atoms with Crippen molar-refractivity contribution in [3.63, 3.8) is 0 Å². The van der Waals surface area contributed by atoms with Crippen molar-refractivity contribution in [1.29, 1.82) is 0 Å². The van der Waals surface area contributed by atoms with Gasteiger partial charge in [0.05, 0.1) is 0 Å². The molecular formula is C15H24N2. The van der Waals surface area contributed by atoms with Gasteiger partial charge in [-0.15, -0.1) is 0 Å². The first-order chi connectivity index (χ1) is 8.24. The van der Waals surface area contributed by atoms with E-state index in [0.29, 0.717) is 18.6 Å². The molecule has 1 saturated heterocycles. The molecule has 1 aromatic carbocycles. The van der Waals surface area contributed by atoms with E-state index in [-0.39, 0.29) is 0 Å². The van der Waals surface area contributed by atoms with Crippen molar-refractivity contribution >= 4 is 0 Å². The van der Waals surface area contributed by atoms with E-state index in [9.17, 15) is 0 Å². The summed E-state index contributed by atoms with van der Waals surface area (Å²) in [6.07, 6.45) is 2.63. The third-order valence-corrected chi connectivity index (χ3v) is 3.92. The first-order valence-corrected chi connectivity index (χ1v) is 6.74. The largest absolute Gasteiger partial charge is 0.329 e. The van der Waals surface area contributed by atoms with Crippen LogP contribution in [-0.4, -0.2) is 24.0 Å². The van der Waals surface area contributed by atoms with Crippen molar-refractivity contribution in [2.24, 2.45) is 11.7 Å². The highest BCUT2D eigenvalue weighted by Crippen LogP contribution is 2.32. The van der Waals surface area contributed by atoms with E-state index in [2.05, 4.69) is 49.1 Å². The Kier molecular flexibility index (Phi) is 4.19. The number of nitrogens with zero attached hydrogens (tertiary/aromatic N) is 1. The Morgan fingerprint density at radius 3 is 2.59 bits per heavy atom. The maximum atomic E-state index is 6.01. The predicted octanol–water partition coefficient (Wildman–Crippen LogP) is 2.81. The van der Waals surface area contributed by atoms with E-state index in [4.69, 9.17) is 5.73 Å². The molecule has 1 aliphatic heterocycles. The van der Waals surface area contributed by atoms with Gasteiger partial charge < -0.3 is 5.73 Å². The van der Waals surface area contributed by atoms with Crippen LogP contribution >= 0.6 is 0 Å². The fraction of sp³-hybridized carbons (Fsp3) is 0.600. The minimum absolute atomic E-state index is 0.395. The Morgan fingerprint density at radius 2 is 2.00 bits per heavy atom. The van der Waals surface area contributed by atoms with Gasteiger partial charge in [-0.2, -0.15) is 0 Å². The average Bonchev–Trinajstić information content (AvgIpc) is 2.81. The van der Waals surface area contributed by atoms with Gasteiger partial charge >= 0.3 is 0 Å². The fourth-order valence-corrected chi connectivity index (χ4v) is 3.06. The predicted molar refractivity (Wildman–Crippen MR) is 72.8 cm³/mol. The molecule has 94 valence electrons. The lowest BCUT2D eigenvalue weighted by molar-refractivity contribution is 0.149. The Labute approximate surface area is 105 Å². The second-order valence-corrected chi connectivity index (χ2v) is 5.35. The van der Waals surface area contributed by atoms with Crippen molar-refractivity contribution in [3.8, 4) is 0 Å². The monoisotopic (exact) mass is 232 g/mol. The van der Waals surface area contributed by atoms with Gasteiger partial charge in [0.2, 0.25) is 0 Å². The second-order valence-electron chi connectivity index (χ2n) is 5.35. The van der Waals surface area contributed by atoms with Crippen LogP contribution in [0, 0.1) is 5.92 Å². The van der Waals surface area contributed by atoms with Gasteiger partial charge in [0.15, 0.2) is 0 Å². The van der Waals surface area contributed by atoms with E-state index in [1.807, 2.05) is 0 Å². The molecule has 2 atom stereocenters. The van der Waals surface area contributed by atoms with Crippen molar-refractivity contribution in [3.05, 3.63) is 35.9 Å². The lowest BCUT2D eigenvalue weighted by atomic mass is 9.98. The number of rotatable bonds is 4. The zero-order valence-corrected chi connectivity index (χ0v) is 11.0. The summed E-state index contributed by atoms with van der Waals surface area (Å²) >= 11 is 0. The summed E-state index contributed by atoms with van der Waals surface area (Å²) in [5.41, 5.74) is 7.37. The van der Waals surface area contributed by atoms with Gasteiger partial charge in [0.25, 0.3) is 0 Å². The van der Waals surface area contributed by atoms with Crippen molar-refractivity contribution in [2.75, 3.05) is 13.1 Å². The lowest BCUT2D eigenvalue weighted by Gasteiger charge is -2.34. The summed E-state index contributed by atoms with van der Waals surface area (Å²) in [4.78, 5) is 2.61. The van der Waals surface area contributed by atoms with Gasteiger partial charge in [-0.25, -0.2) is 0 Å². The molecule has 17 heavy (non-hydrogen) atoms. The molecular weight excluding hydrogens is 208 g/mol. The van der Waals surface area contributed by atoms with Crippen molar-refractivity contribution in [1.82, 2.24) is 4.90 Å². The van der Waals surface area contributed by atoms with Gasteiger partial charge in [-0.05, 0) is 30.9 Å². The van der Waals surface area contributed by atoms with Crippen molar-refractivity contribution < 1.29 is 0 Å². The molecule has 0 bridgehead atoms. The Morgan fingerprint density at radius 1 is 1.29 bits per heavy atom. The molecule has 2 nitrogen and oxygen atoms in total. The van der Waals surface area contributed by atoms with Crippen LogP contribution in [0.5, 0.6) is 0 Å². The van der Waals surface area contributed by atoms with Crippen LogP contribution in [0.15, 0.2) is 30.3 Å². The van der Waals surface area contributed by atoms with Crippen LogP contribution in [0.3, 0.4) is 0 Å². The molecule has 2 unspecified atom stereocenters.